The van der Waals surface area contributed by atoms with Crippen LogP contribution in [0.25, 0.3) is 0 Å². The summed E-state index contributed by atoms with van der Waals surface area (Å²) in [5, 5.41) is 4.97. The molecule has 2 amide bonds. The third kappa shape index (κ3) is 11.6. The largest absolute Gasteiger partial charge is 0.573 e. The van der Waals surface area contributed by atoms with E-state index in [1.165, 1.54) is 30.5 Å². The number of urea groups is 1. The topological polar surface area (TPSA) is 72.5 Å². The number of alkyl halides is 6. The SMILES string of the molecule is CC.O=C(NCc1ccc(OC(F)(F)F)cc1)NCc1ccnc(OCC(F)(F)F)c1. The molecule has 0 saturated carbocycles. The van der Waals surface area contributed by atoms with Gasteiger partial charge in [0.15, 0.2) is 6.61 Å². The lowest BCUT2D eigenvalue weighted by Crippen LogP contribution is -2.34. The molecule has 0 saturated heterocycles. The van der Waals surface area contributed by atoms with Crippen molar-refractivity contribution < 1.29 is 40.6 Å². The molecule has 1 aromatic carbocycles. The van der Waals surface area contributed by atoms with Crippen molar-refractivity contribution in [2.24, 2.45) is 0 Å². The van der Waals surface area contributed by atoms with Crippen LogP contribution >= 0.6 is 0 Å². The van der Waals surface area contributed by atoms with Gasteiger partial charge in [-0.2, -0.15) is 13.2 Å². The summed E-state index contributed by atoms with van der Waals surface area (Å²) in [6.07, 6.45) is -8.04. The third-order valence-electron chi connectivity index (χ3n) is 3.25. The molecule has 2 rings (SSSR count). The fourth-order valence-corrected chi connectivity index (χ4v) is 2.03. The quantitative estimate of drug-likeness (QED) is 0.583. The average Bonchev–Trinajstić information content (AvgIpc) is 2.70. The van der Waals surface area contributed by atoms with Gasteiger partial charge in [0.05, 0.1) is 0 Å². The minimum atomic E-state index is -4.79. The van der Waals surface area contributed by atoms with Gasteiger partial charge in [0.2, 0.25) is 5.88 Å². The average molecular weight is 453 g/mol. The van der Waals surface area contributed by atoms with Crippen LogP contribution in [0.1, 0.15) is 25.0 Å². The Hall–Kier alpha value is -3.18. The summed E-state index contributed by atoms with van der Waals surface area (Å²) in [6.45, 7) is 2.55. The van der Waals surface area contributed by atoms with Gasteiger partial charge in [-0.15, -0.1) is 13.2 Å². The Balaban J connectivity index is 0.00000233. The first kappa shape index (κ1) is 25.9. The molecule has 31 heavy (non-hydrogen) atoms. The third-order valence-corrected chi connectivity index (χ3v) is 3.25. The van der Waals surface area contributed by atoms with E-state index in [0.29, 0.717) is 11.1 Å². The molecule has 0 unspecified atom stereocenters. The van der Waals surface area contributed by atoms with Crippen LogP contribution in [0.3, 0.4) is 0 Å². The lowest BCUT2D eigenvalue weighted by Gasteiger charge is -2.11. The van der Waals surface area contributed by atoms with Crippen molar-refractivity contribution in [2.75, 3.05) is 6.61 Å². The van der Waals surface area contributed by atoms with E-state index >= 15 is 0 Å². The normalized spacial score (nSPS) is 11.1. The first-order valence-electron chi connectivity index (χ1n) is 9.01. The Morgan fingerprint density at radius 3 is 2.06 bits per heavy atom. The van der Waals surface area contributed by atoms with E-state index in [-0.39, 0.29) is 24.7 Å². The van der Waals surface area contributed by atoms with Crippen molar-refractivity contribution >= 4 is 6.03 Å². The van der Waals surface area contributed by atoms with E-state index < -0.39 is 25.2 Å². The number of nitrogens with one attached hydrogen (secondary N) is 2. The number of benzene rings is 1. The van der Waals surface area contributed by atoms with Gasteiger partial charge >= 0.3 is 18.6 Å². The summed E-state index contributed by atoms with van der Waals surface area (Å²) in [5.41, 5.74) is 0.988. The molecule has 0 aliphatic heterocycles. The highest BCUT2D eigenvalue weighted by Crippen LogP contribution is 2.22. The van der Waals surface area contributed by atoms with Crippen LogP contribution in [0.15, 0.2) is 42.6 Å². The number of hydrogen-bond donors (Lipinski definition) is 2. The van der Waals surface area contributed by atoms with Crippen LogP contribution < -0.4 is 20.1 Å². The zero-order chi connectivity index (χ0) is 23.5. The van der Waals surface area contributed by atoms with Gasteiger partial charge in [-0.25, -0.2) is 9.78 Å². The van der Waals surface area contributed by atoms with Crippen LogP contribution in [0, 0.1) is 0 Å². The van der Waals surface area contributed by atoms with Crippen LogP contribution in [0.4, 0.5) is 31.1 Å². The number of halogens is 6. The number of nitrogens with zero attached hydrogens (tertiary/aromatic N) is 1. The van der Waals surface area contributed by atoms with Crippen molar-refractivity contribution in [2.45, 2.75) is 39.5 Å². The predicted octanol–water partition coefficient (Wildman–Crippen LogP) is 4.95. The molecule has 0 fully saturated rings. The molecule has 2 aromatic rings. The molecule has 0 atom stereocenters. The number of ether oxygens (including phenoxy) is 2. The summed E-state index contributed by atoms with van der Waals surface area (Å²) in [6, 6.07) is 7.09. The molecule has 0 aliphatic rings. The zero-order valence-corrected chi connectivity index (χ0v) is 16.6. The maximum Gasteiger partial charge on any atom is 0.573 e. The van der Waals surface area contributed by atoms with Gasteiger partial charge in [0.1, 0.15) is 5.75 Å². The Kier molecular flexibility index (Phi) is 9.90. The molecular formula is C19H21F6N3O3. The first-order valence-corrected chi connectivity index (χ1v) is 9.01. The van der Waals surface area contributed by atoms with Crippen LogP contribution in [0.5, 0.6) is 11.6 Å². The van der Waals surface area contributed by atoms with E-state index in [2.05, 4.69) is 25.1 Å². The molecule has 12 heteroatoms. The summed E-state index contributed by atoms with van der Waals surface area (Å²) >= 11 is 0. The molecule has 1 heterocycles. The second-order valence-electron chi connectivity index (χ2n) is 5.63. The number of amides is 2. The Bertz CT molecular complexity index is 811. The lowest BCUT2D eigenvalue weighted by atomic mass is 10.2. The van der Waals surface area contributed by atoms with E-state index in [9.17, 15) is 31.1 Å². The van der Waals surface area contributed by atoms with E-state index in [1.807, 2.05) is 13.8 Å². The Labute approximate surface area is 174 Å². The maximum absolute atomic E-state index is 12.1. The first-order chi connectivity index (χ1) is 14.5. The maximum atomic E-state index is 12.1. The minimum absolute atomic E-state index is 0.00487. The number of carbonyl (C=O) groups is 1. The van der Waals surface area contributed by atoms with Gasteiger partial charge in [0.25, 0.3) is 0 Å². The molecule has 172 valence electrons. The Morgan fingerprint density at radius 1 is 0.935 bits per heavy atom. The molecule has 0 spiro atoms. The van der Waals surface area contributed by atoms with Gasteiger partial charge < -0.3 is 20.1 Å². The van der Waals surface area contributed by atoms with Gasteiger partial charge in [-0.1, -0.05) is 26.0 Å². The fraction of sp³-hybridized carbons (Fsp3) is 0.368. The van der Waals surface area contributed by atoms with Crippen molar-refractivity contribution in [1.29, 1.82) is 0 Å². The van der Waals surface area contributed by atoms with Gasteiger partial charge in [0, 0.05) is 25.4 Å². The zero-order valence-electron chi connectivity index (χ0n) is 16.6. The number of pyridine rings is 1. The highest BCUT2D eigenvalue weighted by atomic mass is 19.4. The fourth-order valence-electron chi connectivity index (χ4n) is 2.03. The van der Waals surface area contributed by atoms with Crippen LogP contribution in [-0.2, 0) is 13.1 Å². The number of hydrogen-bond acceptors (Lipinski definition) is 4. The molecule has 0 radical (unpaired) electrons. The van der Waals surface area contributed by atoms with Crippen molar-refractivity contribution in [1.82, 2.24) is 15.6 Å². The van der Waals surface area contributed by atoms with Gasteiger partial charge in [-0.05, 0) is 29.3 Å². The summed E-state index contributed by atoms with van der Waals surface area (Å²) in [7, 11) is 0. The van der Waals surface area contributed by atoms with E-state index in [1.54, 1.807) is 0 Å². The van der Waals surface area contributed by atoms with Crippen LogP contribution in [-0.4, -0.2) is 30.2 Å². The minimum Gasteiger partial charge on any atom is -0.468 e. The summed E-state index contributed by atoms with van der Waals surface area (Å²) < 4.78 is 81.0. The van der Waals surface area contributed by atoms with Crippen molar-refractivity contribution in [3.63, 3.8) is 0 Å². The highest BCUT2D eigenvalue weighted by Gasteiger charge is 2.31. The highest BCUT2D eigenvalue weighted by molar-refractivity contribution is 5.73. The van der Waals surface area contributed by atoms with Crippen molar-refractivity contribution in [3.8, 4) is 11.6 Å². The number of rotatable bonds is 7. The number of aromatic nitrogens is 1. The molecular weight excluding hydrogens is 432 g/mol. The summed E-state index contributed by atoms with van der Waals surface area (Å²) in [4.78, 5) is 15.4. The summed E-state index contributed by atoms with van der Waals surface area (Å²) in [5.74, 6) is -0.616. The van der Waals surface area contributed by atoms with Crippen LogP contribution in [0.2, 0.25) is 0 Å². The monoisotopic (exact) mass is 453 g/mol. The molecule has 6 nitrogen and oxygen atoms in total. The molecule has 1 aromatic heterocycles. The molecule has 0 bridgehead atoms. The van der Waals surface area contributed by atoms with Crippen molar-refractivity contribution in [3.05, 3.63) is 53.7 Å². The number of carbonyl (C=O) groups excluding carboxylic acids is 1. The molecule has 2 N–H and O–H groups in total. The second-order valence-corrected chi connectivity index (χ2v) is 5.63. The smallest absolute Gasteiger partial charge is 0.468 e. The molecule has 0 aliphatic carbocycles. The van der Waals surface area contributed by atoms with E-state index in [4.69, 9.17) is 0 Å². The Morgan fingerprint density at radius 2 is 1.52 bits per heavy atom. The van der Waals surface area contributed by atoms with E-state index in [0.717, 1.165) is 12.1 Å². The standard InChI is InChI=1S/C17H15F6N3O3.C2H6/c18-16(19,20)10-28-14-7-12(5-6-24-14)9-26-15(27)25-8-11-1-3-13(4-2-11)29-17(21,22)23;1-2/h1-7H,8-10H2,(H2,25,26,27);1-2H3. The lowest BCUT2D eigenvalue weighted by molar-refractivity contribution is -0.274. The van der Waals surface area contributed by atoms with Gasteiger partial charge in [-0.3, -0.25) is 0 Å². The second kappa shape index (κ2) is 11.9. The predicted molar refractivity (Wildman–Crippen MR) is 99.3 cm³/mol.